The lowest BCUT2D eigenvalue weighted by Crippen LogP contribution is -2.33. The van der Waals surface area contributed by atoms with Crippen molar-refractivity contribution < 1.29 is 4.74 Å². The summed E-state index contributed by atoms with van der Waals surface area (Å²) in [5.74, 6) is 0. The van der Waals surface area contributed by atoms with Crippen molar-refractivity contribution in [3.8, 4) is 0 Å². The molecule has 1 aromatic heterocycles. The summed E-state index contributed by atoms with van der Waals surface area (Å²) in [7, 11) is 0. The van der Waals surface area contributed by atoms with Crippen molar-refractivity contribution in [2.45, 2.75) is 6.10 Å². The van der Waals surface area contributed by atoms with Gasteiger partial charge in [-0.05, 0) is 22.6 Å². The van der Waals surface area contributed by atoms with Gasteiger partial charge in [0.15, 0.2) is 0 Å². The molecule has 0 aromatic carbocycles. The lowest BCUT2D eigenvalue weighted by Gasteiger charge is -2.21. The first-order valence-corrected chi connectivity index (χ1v) is 5.69. The van der Waals surface area contributed by atoms with Gasteiger partial charge in [0.05, 0.1) is 15.7 Å². The standard InChI is InChI=1S/C7H9IN2OS/c8-6-4-10-7(12-6)5-3-9-1-2-11-5/h4-5,9H,1-3H2. The van der Waals surface area contributed by atoms with Gasteiger partial charge in [-0.1, -0.05) is 0 Å². The van der Waals surface area contributed by atoms with Crippen LogP contribution in [0.4, 0.5) is 0 Å². The van der Waals surface area contributed by atoms with Gasteiger partial charge in [0.2, 0.25) is 0 Å². The Morgan fingerprint density at radius 1 is 1.75 bits per heavy atom. The van der Waals surface area contributed by atoms with Crippen LogP contribution in [0.2, 0.25) is 0 Å². The average Bonchev–Trinajstić information content (AvgIpc) is 2.54. The molecule has 1 aliphatic rings. The molecule has 1 aromatic rings. The first-order valence-electron chi connectivity index (χ1n) is 3.80. The SMILES string of the molecule is Ic1cnc(C2CNCCO2)s1. The van der Waals surface area contributed by atoms with Crippen LogP contribution in [-0.2, 0) is 4.74 Å². The Hall–Kier alpha value is 0.280. The molecule has 66 valence electrons. The minimum absolute atomic E-state index is 0.173. The molecule has 1 saturated heterocycles. The van der Waals surface area contributed by atoms with E-state index >= 15 is 0 Å². The van der Waals surface area contributed by atoms with Crippen molar-refractivity contribution in [2.75, 3.05) is 19.7 Å². The van der Waals surface area contributed by atoms with Crippen molar-refractivity contribution in [2.24, 2.45) is 0 Å². The number of morpholine rings is 1. The highest BCUT2D eigenvalue weighted by Gasteiger charge is 2.18. The number of thiazole rings is 1. The zero-order valence-corrected chi connectivity index (χ0v) is 9.39. The third kappa shape index (κ3) is 1.95. The van der Waals surface area contributed by atoms with Crippen LogP contribution in [0.3, 0.4) is 0 Å². The smallest absolute Gasteiger partial charge is 0.124 e. The number of halogens is 1. The molecule has 5 heteroatoms. The van der Waals surface area contributed by atoms with Gasteiger partial charge in [0.25, 0.3) is 0 Å². The molecule has 0 radical (unpaired) electrons. The van der Waals surface area contributed by atoms with Gasteiger partial charge in [0, 0.05) is 13.1 Å². The highest BCUT2D eigenvalue weighted by atomic mass is 127. The van der Waals surface area contributed by atoms with E-state index in [1.54, 1.807) is 11.3 Å². The number of hydrogen-bond donors (Lipinski definition) is 1. The molecule has 0 amide bonds. The van der Waals surface area contributed by atoms with Crippen LogP contribution in [0.25, 0.3) is 0 Å². The molecule has 0 saturated carbocycles. The lowest BCUT2D eigenvalue weighted by atomic mass is 10.3. The second-order valence-corrected chi connectivity index (χ2v) is 5.52. The Labute approximate surface area is 88.7 Å². The molecule has 2 heterocycles. The molecular formula is C7H9IN2OS. The van der Waals surface area contributed by atoms with E-state index in [0.29, 0.717) is 0 Å². The first-order chi connectivity index (χ1) is 5.86. The van der Waals surface area contributed by atoms with Crippen LogP contribution >= 0.6 is 33.9 Å². The Morgan fingerprint density at radius 2 is 2.67 bits per heavy atom. The molecule has 12 heavy (non-hydrogen) atoms. The summed E-state index contributed by atoms with van der Waals surface area (Å²) < 4.78 is 6.78. The summed E-state index contributed by atoms with van der Waals surface area (Å²) >= 11 is 3.98. The summed E-state index contributed by atoms with van der Waals surface area (Å²) in [6.07, 6.45) is 2.06. The Morgan fingerprint density at radius 3 is 3.25 bits per heavy atom. The largest absolute Gasteiger partial charge is 0.368 e. The predicted octanol–water partition coefficient (Wildman–Crippen LogP) is 1.41. The maximum atomic E-state index is 5.56. The Bertz CT molecular complexity index is 260. The van der Waals surface area contributed by atoms with Crippen molar-refractivity contribution in [3.63, 3.8) is 0 Å². The van der Waals surface area contributed by atoms with Gasteiger partial charge < -0.3 is 10.1 Å². The lowest BCUT2D eigenvalue weighted by molar-refractivity contribution is 0.0275. The predicted molar refractivity (Wildman–Crippen MR) is 56.4 cm³/mol. The zero-order chi connectivity index (χ0) is 8.39. The zero-order valence-electron chi connectivity index (χ0n) is 6.42. The number of nitrogens with zero attached hydrogens (tertiary/aromatic N) is 1. The third-order valence-electron chi connectivity index (χ3n) is 1.70. The highest BCUT2D eigenvalue weighted by molar-refractivity contribution is 14.1. The monoisotopic (exact) mass is 296 g/mol. The van der Waals surface area contributed by atoms with Crippen molar-refractivity contribution in [1.29, 1.82) is 0 Å². The normalized spacial score (nSPS) is 24.2. The van der Waals surface area contributed by atoms with E-state index < -0.39 is 0 Å². The van der Waals surface area contributed by atoms with Crippen LogP contribution in [0.5, 0.6) is 0 Å². The second kappa shape index (κ2) is 3.99. The topological polar surface area (TPSA) is 34.2 Å². The van der Waals surface area contributed by atoms with E-state index in [1.807, 2.05) is 6.20 Å². The minimum atomic E-state index is 0.173. The number of rotatable bonds is 1. The molecule has 1 N–H and O–H groups in total. The number of aromatic nitrogens is 1. The van der Waals surface area contributed by atoms with E-state index in [2.05, 4.69) is 32.9 Å². The van der Waals surface area contributed by atoms with E-state index in [-0.39, 0.29) is 6.10 Å². The maximum absolute atomic E-state index is 5.56. The minimum Gasteiger partial charge on any atom is -0.368 e. The fraction of sp³-hybridized carbons (Fsp3) is 0.571. The van der Waals surface area contributed by atoms with Crippen molar-refractivity contribution in [3.05, 3.63) is 14.1 Å². The van der Waals surface area contributed by atoms with Crippen LogP contribution in [0.15, 0.2) is 6.20 Å². The van der Waals surface area contributed by atoms with Gasteiger partial charge >= 0.3 is 0 Å². The fourth-order valence-electron chi connectivity index (χ4n) is 1.14. The van der Waals surface area contributed by atoms with E-state index in [1.165, 1.54) is 2.88 Å². The summed E-state index contributed by atoms with van der Waals surface area (Å²) in [5, 5.41) is 4.37. The average molecular weight is 296 g/mol. The quantitative estimate of drug-likeness (QED) is 0.796. The van der Waals surface area contributed by atoms with E-state index in [9.17, 15) is 0 Å². The molecule has 0 spiro atoms. The number of ether oxygens (including phenoxy) is 1. The van der Waals surface area contributed by atoms with Crippen molar-refractivity contribution >= 4 is 33.9 Å². The van der Waals surface area contributed by atoms with Gasteiger partial charge in [-0.25, -0.2) is 4.98 Å². The van der Waals surface area contributed by atoms with Crippen LogP contribution in [0.1, 0.15) is 11.1 Å². The summed E-state index contributed by atoms with van der Waals surface area (Å²) in [6, 6.07) is 0. The molecule has 1 fully saturated rings. The molecule has 0 bridgehead atoms. The molecule has 3 nitrogen and oxygen atoms in total. The van der Waals surface area contributed by atoms with Crippen LogP contribution in [-0.4, -0.2) is 24.7 Å². The van der Waals surface area contributed by atoms with Gasteiger partial charge in [-0.3, -0.25) is 0 Å². The maximum Gasteiger partial charge on any atom is 0.124 e. The fourth-order valence-corrected chi connectivity index (χ4v) is 2.65. The third-order valence-corrected chi connectivity index (χ3v) is 3.52. The number of hydrogen-bond acceptors (Lipinski definition) is 4. The molecule has 1 unspecified atom stereocenters. The summed E-state index contributed by atoms with van der Waals surface area (Å²) in [6.45, 7) is 2.64. The van der Waals surface area contributed by atoms with Crippen molar-refractivity contribution in [1.82, 2.24) is 10.3 Å². The first kappa shape index (κ1) is 8.86. The molecule has 0 aliphatic carbocycles. The van der Waals surface area contributed by atoms with Gasteiger partial charge in [-0.15, -0.1) is 11.3 Å². The number of nitrogens with one attached hydrogen (secondary N) is 1. The van der Waals surface area contributed by atoms with E-state index in [4.69, 9.17) is 4.74 Å². The molecular weight excluding hydrogens is 287 g/mol. The second-order valence-electron chi connectivity index (χ2n) is 2.57. The Kier molecular flexibility index (Phi) is 2.95. The summed E-state index contributed by atoms with van der Waals surface area (Å²) in [5.41, 5.74) is 0. The summed E-state index contributed by atoms with van der Waals surface area (Å²) in [4.78, 5) is 4.29. The highest BCUT2D eigenvalue weighted by Crippen LogP contribution is 2.24. The van der Waals surface area contributed by atoms with Gasteiger partial charge in [-0.2, -0.15) is 0 Å². The molecule has 2 rings (SSSR count). The van der Waals surface area contributed by atoms with Gasteiger partial charge in [0.1, 0.15) is 11.1 Å². The molecule has 1 atom stereocenters. The van der Waals surface area contributed by atoms with Crippen LogP contribution in [0, 0.1) is 2.88 Å². The molecule has 1 aliphatic heterocycles. The Balaban J connectivity index is 2.08. The van der Waals surface area contributed by atoms with Crippen LogP contribution < -0.4 is 5.32 Å². The van der Waals surface area contributed by atoms with E-state index in [0.717, 1.165) is 24.7 Å².